The van der Waals surface area contributed by atoms with Crippen LogP contribution < -0.4 is 10.1 Å². The highest BCUT2D eigenvalue weighted by Gasteiger charge is 2.18. The number of anilines is 1. The quantitative estimate of drug-likeness (QED) is 0.882. The molecule has 0 fully saturated rings. The molecule has 0 spiro atoms. The van der Waals surface area contributed by atoms with E-state index in [0.29, 0.717) is 5.69 Å². The molecule has 0 aliphatic rings. The van der Waals surface area contributed by atoms with Gasteiger partial charge in [0.2, 0.25) is 0 Å². The molecule has 1 aromatic carbocycles. The SMILES string of the molecule is COc1cccc(F)c1C(=O)Nc1cc(C)cnc1Cl. The maximum absolute atomic E-state index is 13.8. The maximum Gasteiger partial charge on any atom is 0.262 e. The fourth-order valence-corrected chi connectivity index (χ4v) is 1.87. The first-order chi connectivity index (χ1) is 9.52. The Labute approximate surface area is 120 Å². The second-order valence-electron chi connectivity index (χ2n) is 4.12. The topological polar surface area (TPSA) is 51.2 Å². The molecule has 1 heterocycles. The van der Waals surface area contributed by atoms with E-state index in [1.807, 2.05) is 6.92 Å². The van der Waals surface area contributed by atoms with Gasteiger partial charge in [-0.1, -0.05) is 17.7 Å². The molecule has 2 aromatic rings. The van der Waals surface area contributed by atoms with Crippen LogP contribution in [0.25, 0.3) is 0 Å². The maximum atomic E-state index is 13.8. The Hall–Kier alpha value is -2.14. The predicted molar refractivity (Wildman–Crippen MR) is 74.9 cm³/mol. The summed E-state index contributed by atoms with van der Waals surface area (Å²) in [6, 6.07) is 5.81. The van der Waals surface area contributed by atoms with Crippen molar-refractivity contribution >= 4 is 23.2 Å². The number of aromatic nitrogens is 1. The summed E-state index contributed by atoms with van der Waals surface area (Å²) in [6.45, 7) is 1.81. The highest BCUT2D eigenvalue weighted by atomic mass is 35.5. The third-order valence-electron chi connectivity index (χ3n) is 2.65. The predicted octanol–water partition coefficient (Wildman–Crippen LogP) is 3.44. The highest BCUT2D eigenvalue weighted by Crippen LogP contribution is 2.25. The summed E-state index contributed by atoms with van der Waals surface area (Å²) in [7, 11) is 1.37. The zero-order valence-electron chi connectivity index (χ0n) is 10.9. The largest absolute Gasteiger partial charge is 0.496 e. The van der Waals surface area contributed by atoms with Crippen LogP contribution in [-0.2, 0) is 0 Å². The Bertz CT molecular complexity index is 662. The van der Waals surface area contributed by atoms with Crippen molar-refractivity contribution in [2.75, 3.05) is 12.4 Å². The first-order valence-electron chi connectivity index (χ1n) is 5.79. The molecule has 0 unspecified atom stereocenters. The summed E-state index contributed by atoms with van der Waals surface area (Å²) in [4.78, 5) is 16.1. The van der Waals surface area contributed by atoms with Crippen molar-refractivity contribution in [1.29, 1.82) is 0 Å². The van der Waals surface area contributed by atoms with Crippen LogP contribution in [0, 0.1) is 12.7 Å². The molecular formula is C14H12ClFN2O2. The lowest BCUT2D eigenvalue weighted by Gasteiger charge is -2.11. The number of methoxy groups -OCH3 is 1. The number of nitrogens with zero attached hydrogens (tertiary/aromatic N) is 1. The van der Waals surface area contributed by atoms with Crippen LogP contribution in [0.3, 0.4) is 0 Å². The molecule has 1 amide bonds. The highest BCUT2D eigenvalue weighted by molar-refractivity contribution is 6.32. The minimum absolute atomic E-state index is 0.138. The molecular weight excluding hydrogens is 283 g/mol. The minimum Gasteiger partial charge on any atom is -0.496 e. The Morgan fingerprint density at radius 3 is 2.90 bits per heavy atom. The third-order valence-corrected chi connectivity index (χ3v) is 2.95. The van der Waals surface area contributed by atoms with Gasteiger partial charge in [0.05, 0.1) is 12.8 Å². The van der Waals surface area contributed by atoms with E-state index < -0.39 is 11.7 Å². The second kappa shape index (κ2) is 5.88. The van der Waals surface area contributed by atoms with Gasteiger partial charge in [-0.25, -0.2) is 9.37 Å². The van der Waals surface area contributed by atoms with E-state index in [1.165, 1.54) is 25.3 Å². The molecule has 104 valence electrons. The molecule has 0 atom stereocenters. The fraction of sp³-hybridized carbons (Fsp3) is 0.143. The number of hydrogen-bond donors (Lipinski definition) is 1. The van der Waals surface area contributed by atoms with Crippen LogP contribution in [-0.4, -0.2) is 18.0 Å². The number of rotatable bonds is 3. The van der Waals surface area contributed by atoms with Crippen molar-refractivity contribution in [2.24, 2.45) is 0 Å². The lowest BCUT2D eigenvalue weighted by Crippen LogP contribution is -2.15. The number of halogens is 2. The van der Waals surface area contributed by atoms with Crippen LogP contribution in [0.5, 0.6) is 5.75 Å². The van der Waals surface area contributed by atoms with E-state index in [9.17, 15) is 9.18 Å². The summed E-state index contributed by atoms with van der Waals surface area (Å²) in [5.41, 5.74) is 0.972. The van der Waals surface area contributed by atoms with E-state index in [-0.39, 0.29) is 16.5 Å². The molecule has 1 aromatic heterocycles. The second-order valence-corrected chi connectivity index (χ2v) is 4.48. The Morgan fingerprint density at radius 1 is 1.45 bits per heavy atom. The summed E-state index contributed by atoms with van der Waals surface area (Å²) in [5.74, 6) is -1.16. The van der Waals surface area contributed by atoms with Gasteiger partial charge in [-0.05, 0) is 30.7 Å². The average Bonchev–Trinajstić information content (AvgIpc) is 2.42. The van der Waals surface area contributed by atoms with Crippen LogP contribution >= 0.6 is 11.6 Å². The van der Waals surface area contributed by atoms with Crippen LogP contribution in [0.1, 0.15) is 15.9 Å². The Balaban J connectivity index is 2.36. The first-order valence-corrected chi connectivity index (χ1v) is 6.16. The zero-order chi connectivity index (χ0) is 14.7. The third kappa shape index (κ3) is 2.88. The van der Waals surface area contributed by atoms with Gasteiger partial charge in [0.1, 0.15) is 17.1 Å². The van der Waals surface area contributed by atoms with Crippen molar-refractivity contribution in [1.82, 2.24) is 4.98 Å². The van der Waals surface area contributed by atoms with E-state index >= 15 is 0 Å². The van der Waals surface area contributed by atoms with E-state index in [2.05, 4.69) is 10.3 Å². The Morgan fingerprint density at radius 2 is 2.20 bits per heavy atom. The number of benzene rings is 1. The Kier molecular flexibility index (Phi) is 4.20. The lowest BCUT2D eigenvalue weighted by atomic mass is 10.1. The molecule has 0 saturated heterocycles. The summed E-state index contributed by atoms with van der Waals surface area (Å²) in [6.07, 6.45) is 1.57. The van der Waals surface area contributed by atoms with Gasteiger partial charge < -0.3 is 10.1 Å². The smallest absolute Gasteiger partial charge is 0.262 e. The monoisotopic (exact) mass is 294 g/mol. The van der Waals surface area contributed by atoms with Crippen LogP contribution in [0.2, 0.25) is 5.15 Å². The number of ether oxygens (including phenoxy) is 1. The summed E-state index contributed by atoms with van der Waals surface area (Å²) >= 11 is 5.89. The lowest BCUT2D eigenvalue weighted by molar-refractivity contribution is 0.102. The van der Waals surface area contributed by atoms with E-state index in [4.69, 9.17) is 16.3 Å². The minimum atomic E-state index is -0.668. The van der Waals surface area contributed by atoms with Crippen molar-refractivity contribution in [2.45, 2.75) is 6.92 Å². The number of aryl methyl sites for hydroxylation is 1. The van der Waals surface area contributed by atoms with Gasteiger partial charge in [-0.3, -0.25) is 4.79 Å². The van der Waals surface area contributed by atoms with Gasteiger partial charge in [-0.15, -0.1) is 0 Å². The molecule has 0 saturated carbocycles. The number of pyridine rings is 1. The first kappa shape index (κ1) is 14.3. The summed E-state index contributed by atoms with van der Waals surface area (Å²) in [5, 5.41) is 2.67. The molecule has 2 rings (SSSR count). The molecule has 0 radical (unpaired) electrons. The van der Waals surface area contributed by atoms with Gasteiger partial charge in [0.15, 0.2) is 5.15 Å². The number of carbonyl (C=O) groups excluding carboxylic acids is 1. The molecule has 0 aliphatic heterocycles. The van der Waals surface area contributed by atoms with Crippen LogP contribution in [0.15, 0.2) is 30.5 Å². The number of carbonyl (C=O) groups is 1. The number of hydrogen-bond acceptors (Lipinski definition) is 3. The van der Waals surface area contributed by atoms with Gasteiger partial charge in [-0.2, -0.15) is 0 Å². The van der Waals surface area contributed by atoms with Crippen molar-refractivity contribution < 1.29 is 13.9 Å². The van der Waals surface area contributed by atoms with E-state index in [1.54, 1.807) is 12.3 Å². The van der Waals surface area contributed by atoms with Crippen LogP contribution in [0.4, 0.5) is 10.1 Å². The van der Waals surface area contributed by atoms with Gasteiger partial charge >= 0.3 is 0 Å². The molecule has 6 heteroatoms. The fourth-order valence-electron chi connectivity index (χ4n) is 1.72. The molecule has 1 N–H and O–H groups in total. The summed E-state index contributed by atoms with van der Waals surface area (Å²) < 4.78 is 18.8. The average molecular weight is 295 g/mol. The zero-order valence-corrected chi connectivity index (χ0v) is 11.7. The number of nitrogens with one attached hydrogen (secondary N) is 1. The number of amides is 1. The molecule has 20 heavy (non-hydrogen) atoms. The van der Waals surface area contributed by atoms with Gasteiger partial charge in [0.25, 0.3) is 5.91 Å². The molecule has 0 bridgehead atoms. The van der Waals surface area contributed by atoms with Gasteiger partial charge in [0, 0.05) is 6.20 Å². The van der Waals surface area contributed by atoms with Crippen molar-refractivity contribution in [3.63, 3.8) is 0 Å². The standard InChI is InChI=1S/C14H12ClFN2O2/c1-8-6-10(13(15)17-7-8)18-14(19)12-9(16)4-3-5-11(12)20-2/h3-7H,1-2H3,(H,18,19). The molecule has 0 aliphatic carbocycles. The van der Waals surface area contributed by atoms with E-state index in [0.717, 1.165) is 5.56 Å². The molecule has 4 nitrogen and oxygen atoms in total. The van der Waals surface area contributed by atoms with Crippen molar-refractivity contribution in [3.05, 3.63) is 52.6 Å². The van der Waals surface area contributed by atoms with Crippen molar-refractivity contribution in [3.8, 4) is 5.75 Å². The normalized spacial score (nSPS) is 10.2.